The molecule has 23 heavy (non-hydrogen) atoms. The van der Waals surface area contributed by atoms with E-state index in [4.69, 9.17) is 4.74 Å². The van der Waals surface area contributed by atoms with Crippen LogP contribution in [0.3, 0.4) is 0 Å². The highest BCUT2D eigenvalue weighted by Crippen LogP contribution is 2.31. The monoisotopic (exact) mass is 365 g/mol. The number of hydrogen-bond acceptors (Lipinski definition) is 6. The maximum atomic E-state index is 12.7. The molecule has 1 fully saturated rings. The van der Waals surface area contributed by atoms with Crippen LogP contribution in [-0.4, -0.2) is 50.9 Å². The van der Waals surface area contributed by atoms with E-state index in [1.165, 1.54) is 23.5 Å². The smallest absolute Gasteiger partial charge is 0.293 e. The topological polar surface area (TPSA) is 102 Å². The number of nitrogens with zero attached hydrogens (tertiary/aromatic N) is 2. The summed E-state index contributed by atoms with van der Waals surface area (Å²) in [7, 11) is -0.765. The molecule has 1 saturated heterocycles. The first-order valence-electron chi connectivity index (χ1n) is 6.90. The van der Waals surface area contributed by atoms with Crippen molar-refractivity contribution in [2.75, 3.05) is 27.2 Å². The molecule has 1 aromatic rings. The number of hydrogen-bond donors (Lipinski definition) is 1. The Labute approximate surface area is 141 Å². The first-order valence-corrected chi connectivity index (χ1v) is 8.34. The zero-order chi connectivity index (χ0) is 16.3. The van der Waals surface area contributed by atoms with Crippen LogP contribution in [0.2, 0.25) is 0 Å². The zero-order valence-electron chi connectivity index (χ0n) is 12.9. The molecule has 0 bridgehead atoms. The van der Waals surface area contributed by atoms with Gasteiger partial charge >= 0.3 is 0 Å². The Morgan fingerprint density at radius 1 is 1.43 bits per heavy atom. The molecule has 1 aromatic carbocycles. The van der Waals surface area contributed by atoms with Gasteiger partial charge in [-0.15, -0.1) is 12.4 Å². The second kappa shape index (κ2) is 7.91. The summed E-state index contributed by atoms with van der Waals surface area (Å²) < 4.78 is 31.7. The van der Waals surface area contributed by atoms with Crippen LogP contribution in [0.1, 0.15) is 12.8 Å². The number of piperidine rings is 1. The molecule has 1 heterocycles. The molecule has 130 valence electrons. The molecule has 0 aromatic heterocycles. The summed E-state index contributed by atoms with van der Waals surface area (Å²) in [6.07, 6.45) is 1.60. The van der Waals surface area contributed by atoms with E-state index in [2.05, 4.69) is 5.32 Å². The molecule has 1 N–H and O–H groups in total. The number of benzene rings is 1. The van der Waals surface area contributed by atoms with Crippen LogP contribution in [0.4, 0.5) is 5.69 Å². The maximum Gasteiger partial charge on any atom is 0.293 e. The second-order valence-electron chi connectivity index (χ2n) is 5.08. The molecule has 0 saturated carbocycles. The minimum atomic E-state index is -3.91. The van der Waals surface area contributed by atoms with Crippen LogP contribution in [0.5, 0.6) is 5.75 Å². The van der Waals surface area contributed by atoms with E-state index in [-0.39, 0.29) is 29.1 Å². The molecule has 0 radical (unpaired) electrons. The fourth-order valence-corrected chi connectivity index (χ4v) is 4.18. The van der Waals surface area contributed by atoms with Gasteiger partial charge in [0.2, 0.25) is 10.0 Å². The highest BCUT2D eigenvalue weighted by atomic mass is 35.5. The molecular formula is C13H20ClN3O5S. The third-order valence-corrected chi connectivity index (χ3v) is 5.69. The van der Waals surface area contributed by atoms with Crippen molar-refractivity contribution in [2.24, 2.45) is 0 Å². The Balaban J connectivity index is 0.00000264. The lowest BCUT2D eigenvalue weighted by Crippen LogP contribution is -2.46. The van der Waals surface area contributed by atoms with Crippen LogP contribution >= 0.6 is 12.4 Å². The Hall–Kier alpha value is -1.42. The van der Waals surface area contributed by atoms with E-state index in [0.29, 0.717) is 19.5 Å². The van der Waals surface area contributed by atoms with Crippen molar-refractivity contribution in [3.05, 3.63) is 28.3 Å². The number of likely N-dealkylation sites (N-methyl/N-ethyl adjacent to an activating group) is 1. The van der Waals surface area contributed by atoms with E-state index in [0.717, 1.165) is 12.5 Å². The highest BCUT2D eigenvalue weighted by molar-refractivity contribution is 7.89. The molecular weight excluding hydrogens is 346 g/mol. The van der Waals surface area contributed by atoms with Crippen molar-refractivity contribution in [1.82, 2.24) is 9.62 Å². The summed E-state index contributed by atoms with van der Waals surface area (Å²) >= 11 is 0. The van der Waals surface area contributed by atoms with Gasteiger partial charge in [0.15, 0.2) is 4.90 Å². The Morgan fingerprint density at radius 3 is 2.70 bits per heavy atom. The molecule has 1 aliphatic heterocycles. The van der Waals surface area contributed by atoms with Crippen molar-refractivity contribution in [3.63, 3.8) is 0 Å². The quantitative estimate of drug-likeness (QED) is 0.625. The van der Waals surface area contributed by atoms with Gasteiger partial charge in [-0.05, 0) is 32.0 Å². The lowest BCUT2D eigenvalue weighted by Gasteiger charge is -2.31. The van der Waals surface area contributed by atoms with Crippen molar-refractivity contribution in [1.29, 1.82) is 0 Å². The molecule has 2 rings (SSSR count). The summed E-state index contributed by atoms with van der Waals surface area (Å²) in [6, 6.07) is 3.84. The standard InChI is InChI=1S/C13H19N3O5S.ClH/c1-14-10-4-3-7-15(9-10)22(19,20)13-6-5-11(21-2)8-12(13)16(17)18;/h5-6,8,10,14H,3-4,7,9H2,1-2H3;1H. The molecule has 10 heteroatoms. The minimum Gasteiger partial charge on any atom is -0.497 e. The second-order valence-corrected chi connectivity index (χ2v) is 6.99. The Bertz CT molecular complexity index is 668. The van der Waals surface area contributed by atoms with Gasteiger partial charge < -0.3 is 10.1 Å². The van der Waals surface area contributed by atoms with Crippen molar-refractivity contribution < 1.29 is 18.1 Å². The van der Waals surface area contributed by atoms with Gasteiger partial charge in [0, 0.05) is 19.1 Å². The average Bonchev–Trinajstić information content (AvgIpc) is 2.54. The summed E-state index contributed by atoms with van der Waals surface area (Å²) in [5.74, 6) is 0.248. The minimum absolute atomic E-state index is 0. The predicted octanol–water partition coefficient (Wildman–Crippen LogP) is 1.40. The molecule has 1 aliphatic rings. The number of methoxy groups -OCH3 is 1. The molecule has 1 atom stereocenters. The number of ether oxygens (including phenoxy) is 1. The van der Waals surface area contributed by atoms with Crippen LogP contribution in [0.25, 0.3) is 0 Å². The number of halogens is 1. The van der Waals surface area contributed by atoms with Crippen LogP contribution in [-0.2, 0) is 10.0 Å². The number of sulfonamides is 1. The molecule has 0 amide bonds. The number of nitro benzene ring substituents is 1. The number of nitro groups is 1. The van der Waals surface area contributed by atoms with Gasteiger partial charge in [0.1, 0.15) is 5.75 Å². The first-order chi connectivity index (χ1) is 10.4. The third kappa shape index (κ3) is 4.11. The maximum absolute atomic E-state index is 12.7. The van der Waals surface area contributed by atoms with E-state index in [9.17, 15) is 18.5 Å². The zero-order valence-corrected chi connectivity index (χ0v) is 14.5. The van der Waals surface area contributed by atoms with Gasteiger partial charge in [-0.3, -0.25) is 10.1 Å². The van der Waals surface area contributed by atoms with Gasteiger partial charge in [-0.1, -0.05) is 0 Å². The summed E-state index contributed by atoms with van der Waals surface area (Å²) in [6.45, 7) is 0.672. The summed E-state index contributed by atoms with van der Waals surface area (Å²) in [4.78, 5) is 10.2. The molecule has 1 unspecified atom stereocenters. The normalized spacial score (nSPS) is 19.0. The fourth-order valence-electron chi connectivity index (χ4n) is 2.52. The summed E-state index contributed by atoms with van der Waals surface area (Å²) in [5, 5.41) is 14.2. The van der Waals surface area contributed by atoms with Gasteiger partial charge in [0.05, 0.1) is 18.1 Å². The molecule has 0 spiro atoms. The Morgan fingerprint density at radius 2 is 2.13 bits per heavy atom. The number of rotatable bonds is 5. The van der Waals surface area contributed by atoms with Gasteiger partial charge in [-0.2, -0.15) is 4.31 Å². The predicted molar refractivity (Wildman–Crippen MR) is 87.7 cm³/mol. The lowest BCUT2D eigenvalue weighted by molar-refractivity contribution is -0.387. The van der Waals surface area contributed by atoms with Gasteiger partial charge in [0.25, 0.3) is 5.69 Å². The van der Waals surface area contributed by atoms with Crippen LogP contribution in [0, 0.1) is 10.1 Å². The van der Waals surface area contributed by atoms with Crippen molar-refractivity contribution in [3.8, 4) is 5.75 Å². The van der Waals surface area contributed by atoms with E-state index in [1.54, 1.807) is 7.05 Å². The van der Waals surface area contributed by atoms with E-state index in [1.807, 2.05) is 0 Å². The molecule has 8 nitrogen and oxygen atoms in total. The SMILES string of the molecule is CNC1CCCN(S(=O)(=O)c2ccc(OC)cc2[N+](=O)[O-])C1.Cl. The summed E-state index contributed by atoms with van der Waals surface area (Å²) in [5.41, 5.74) is -0.467. The van der Waals surface area contributed by atoms with E-state index < -0.39 is 20.6 Å². The van der Waals surface area contributed by atoms with E-state index >= 15 is 0 Å². The molecule has 0 aliphatic carbocycles. The van der Waals surface area contributed by atoms with Gasteiger partial charge in [-0.25, -0.2) is 8.42 Å². The number of nitrogens with one attached hydrogen (secondary N) is 1. The van der Waals surface area contributed by atoms with Crippen molar-refractivity contribution in [2.45, 2.75) is 23.8 Å². The van der Waals surface area contributed by atoms with Crippen LogP contribution < -0.4 is 10.1 Å². The van der Waals surface area contributed by atoms with Crippen LogP contribution in [0.15, 0.2) is 23.1 Å². The largest absolute Gasteiger partial charge is 0.497 e. The fraction of sp³-hybridized carbons (Fsp3) is 0.538. The first kappa shape index (κ1) is 19.6. The van der Waals surface area contributed by atoms with Crippen molar-refractivity contribution >= 4 is 28.1 Å². The Kier molecular flexibility index (Phi) is 6.75. The third-order valence-electron chi connectivity index (χ3n) is 3.77. The highest BCUT2D eigenvalue weighted by Gasteiger charge is 2.34. The average molecular weight is 366 g/mol. The lowest BCUT2D eigenvalue weighted by atomic mass is 10.1.